The average molecular weight is 495 g/mol. The Labute approximate surface area is 197 Å². The molecule has 184 valence electrons. The number of nitro benzene ring substituents is 1. The minimum absolute atomic E-state index is 0.106. The third-order valence-corrected chi connectivity index (χ3v) is 8.04. The van der Waals surface area contributed by atoms with Crippen LogP contribution in [0, 0.1) is 15.9 Å². The number of hydrogen-bond donors (Lipinski definition) is 1. The zero-order valence-corrected chi connectivity index (χ0v) is 19.4. The third kappa shape index (κ3) is 5.36. The smallest absolute Gasteiger partial charge is 0.293 e. The Morgan fingerprint density at radius 2 is 1.68 bits per heavy atom. The van der Waals surface area contributed by atoms with Gasteiger partial charge in [-0.15, -0.1) is 0 Å². The number of nitro groups is 1. The standard InChI is InChI=1S/C22H27FN4O6S/c23-18-3-1-17(2-4-18)22(28)16-24-7-9-25(10-8-24)20-6-5-19(15-21(20)27(29)30)34(31,32)26-11-13-33-14-12-26/h1-6,15,22,28H,7-14,16H2. The molecule has 2 aromatic carbocycles. The number of hydrogen-bond acceptors (Lipinski definition) is 8. The molecular formula is C22H27FN4O6S. The van der Waals surface area contributed by atoms with Gasteiger partial charge >= 0.3 is 0 Å². The quantitative estimate of drug-likeness (QED) is 0.456. The maximum absolute atomic E-state index is 13.1. The molecule has 2 aliphatic heterocycles. The molecule has 34 heavy (non-hydrogen) atoms. The maximum Gasteiger partial charge on any atom is 0.293 e. The van der Waals surface area contributed by atoms with Crippen LogP contribution in [0.4, 0.5) is 15.8 Å². The van der Waals surface area contributed by atoms with E-state index < -0.39 is 21.1 Å². The predicted octanol–water partition coefficient (Wildman–Crippen LogP) is 1.61. The Morgan fingerprint density at radius 3 is 2.29 bits per heavy atom. The number of benzene rings is 2. The van der Waals surface area contributed by atoms with Gasteiger partial charge in [0.25, 0.3) is 5.69 Å². The van der Waals surface area contributed by atoms with Crippen molar-refractivity contribution in [2.45, 2.75) is 11.0 Å². The first-order valence-corrected chi connectivity index (χ1v) is 12.5. The second kappa shape index (κ2) is 10.3. The maximum atomic E-state index is 13.1. The van der Waals surface area contributed by atoms with E-state index in [4.69, 9.17) is 4.74 Å². The molecule has 0 bridgehead atoms. The number of rotatable bonds is 7. The molecule has 12 heteroatoms. The fourth-order valence-corrected chi connectivity index (χ4v) is 5.65. The first kappa shape index (κ1) is 24.5. The highest BCUT2D eigenvalue weighted by Crippen LogP contribution is 2.33. The van der Waals surface area contributed by atoms with Crippen molar-refractivity contribution in [3.8, 4) is 0 Å². The van der Waals surface area contributed by atoms with Crippen molar-refractivity contribution in [1.29, 1.82) is 0 Å². The van der Waals surface area contributed by atoms with Gasteiger partial charge < -0.3 is 14.7 Å². The summed E-state index contributed by atoms with van der Waals surface area (Å²) >= 11 is 0. The number of halogens is 1. The van der Waals surface area contributed by atoms with Crippen LogP contribution in [0.3, 0.4) is 0 Å². The minimum Gasteiger partial charge on any atom is -0.387 e. The van der Waals surface area contributed by atoms with Crippen molar-refractivity contribution < 1.29 is 27.6 Å². The summed E-state index contributed by atoms with van der Waals surface area (Å²) in [6.07, 6.45) is -0.772. The van der Waals surface area contributed by atoms with Gasteiger partial charge in [0.2, 0.25) is 10.0 Å². The van der Waals surface area contributed by atoms with E-state index in [1.54, 1.807) is 12.1 Å². The number of nitrogens with zero attached hydrogens (tertiary/aromatic N) is 4. The van der Waals surface area contributed by atoms with Gasteiger partial charge in [0, 0.05) is 51.9 Å². The number of ether oxygens (including phenoxy) is 1. The number of piperazine rings is 1. The Bertz CT molecular complexity index is 1120. The summed E-state index contributed by atoms with van der Waals surface area (Å²) in [5, 5.41) is 22.2. The monoisotopic (exact) mass is 494 g/mol. The lowest BCUT2D eigenvalue weighted by atomic mass is 10.1. The van der Waals surface area contributed by atoms with Crippen LogP contribution < -0.4 is 4.90 Å². The average Bonchev–Trinajstić information content (AvgIpc) is 2.85. The van der Waals surface area contributed by atoms with Crippen molar-refractivity contribution >= 4 is 21.4 Å². The summed E-state index contributed by atoms with van der Waals surface area (Å²) in [4.78, 5) is 15.0. The van der Waals surface area contributed by atoms with E-state index in [1.807, 2.05) is 9.80 Å². The van der Waals surface area contributed by atoms with Crippen molar-refractivity contribution in [2.24, 2.45) is 0 Å². The van der Waals surface area contributed by atoms with Crippen molar-refractivity contribution in [1.82, 2.24) is 9.21 Å². The lowest BCUT2D eigenvalue weighted by Gasteiger charge is -2.36. The molecule has 0 amide bonds. The fourth-order valence-electron chi connectivity index (χ4n) is 4.22. The van der Waals surface area contributed by atoms with Crippen LogP contribution in [-0.2, 0) is 14.8 Å². The van der Waals surface area contributed by atoms with Gasteiger partial charge in [-0.05, 0) is 29.8 Å². The van der Waals surface area contributed by atoms with E-state index in [2.05, 4.69) is 0 Å². The van der Waals surface area contributed by atoms with Crippen molar-refractivity contribution in [3.63, 3.8) is 0 Å². The van der Waals surface area contributed by atoms with Gasteiger partial charge in [-0.1, -0.05) is 12.1 Å². The van der Waals surface area contributed by atoms with Gasteiger partial charge in [-0.2, -0.15) is 4.31 Å². The molecule has 1 unspecified atom stereocenters. The predicted molar refractivity (Wildman–Crippen MR) is 123 cm³/mol. The number of aliphatic hydroxyl groups excluding tert-OH is 1. The molecule has 2 aromatic rings. The highest BCUT2D eigenvalue weighted by atomic mass is 32.2. The lowest BCUT2D eigenvalue weighted by Crippen LogP contribution is -2.47. The van der Waals surface area contributed by atoms with Crippen LogP contribution in [0.15, 0.2) is 47.4 Å². The number of sulfonamides is 1. The van der Waals surface area contributed by atoms with Crippen LogP contribution in [0.25, 0.3) is 0 Å². The largest absolute Gasteiger partial charge is 0.387 e. The zero-order chi connectivity index (χ0) is 24.3. The van der Waals surface area contributed by atoms with Crippen LogP contribution in [-0.4, -0.2) is 86.7 Å². The molecule has 2 saturated heterocycles. The van der Waals surface area contributed by atoms with E-state index in [-0.39, 0.29) is 29.5 Å². The molecule has 0 saturated carbocycles. The second-order valence-corrected chi connectivity index (χ2v) is 10.2. The molecule has 1 N–H and O–H groups in total. The number of β-amino-alcohol motifs (C(OH)–C–C–N with tert-alkyl or cyclic N) is 1. The fraction of sp³-hybridized carbons (Fsp3) is 0.455. The number of anilines is 1. The van der Waals surface area contributed by atoms with Gasteiger partial charge in [0.1, 0.15) is 11.5 Å². The molecule has 2 heterocycles. The molecule has 4 rings (SSSR count). The Balaban J connectivity index is 1.44. The van der Waals surface area contributed by atoms with Crippen LogP contribution >= 0.6 is 0 Å². The molecular weight excluding hydrogens is 467 g/mol. The topological polar surface area (TPSA) is 116 Å². The zero-order valence-electron chi connectivity index (χ0n) is 18.5. The first-order chi connectivity index (χ1) is 16.3. The molecule has 0 radical (unpaired) electrons. The van der Waals surface area contributed by atoms with E-state index in [0.29, 0.717) is 57.2 Å². The Morgan fingerprint density at radius 1 is 1.03 bits per heavy atom. The summed E-state index contributed by atoms with van der Waals surface area (Å²) in [5.41, 5.74) is 0.732. The highest BCUT2D eigenvalue weighted by Gasteiger charge is 2.31. The van der Waals surface area contributed by atoms with Gasteiger partial charge in [0.15, 0.2) is 0 Å². The third-order valence-electron chi connectivity index (χ3n) is 6.15. The summed E-state index contributed by atoms with van der Waals surface area (Å²) in [6.45, 7) is 3.44. The molecule has 2 fully saturated rings. The van der Waals surface area contributed by atoms with E-state index in [0.717, 1.165) is 6.07 Å². The summed E-state index contributed by atoms with van der Waals surface area (Å²) in [7, 11) is -3.85. The van der Waals surface area contributed by atoms with Crippen LogP contribution in [0.2, 0.25) is 0 Å². The van der Waals surface area contributed by atoms with Gasteiger partial charge in [-0.3, -0.25) is 15.0 Å². The van der Waals surface area contributed by atoms with Gasteiger partial charge in [-0.25, -0.2) is 12.8 Å². The van der Waals surface area contributed by atoms with Crippen LogP contribution in [0.1, 0.15) is 11.7 Å². The molecule has 0 aliphatic carbocycles. The van der Waals surface area contributed by atoms with Gasteiger partial charge in [0.05, 0.1) is 29.1 Å². The second-order valence-electron chi connectivity index (χ2n) is 8.28. The molecule has 10 nitrogen and oxygen atoms in total. The van der Waals surface area contributed by atoms with E-state index in [9.17, 15) is 28.0 Å². The number of morpholine rings is 1. The molecule has 0 spiro atoms. The Hall–Kier alpha value is -2.64. The van der Waals surface area contributed by atoms with E-state index in [1.165, 1.54) is 28.6 Å². The molecule has 1 atom stereocenters. The summed E-state index contributed by atoms with van der Waals surface area (Å²) in [6, 6.07) is 9.74. The van der Waals surface area contributed by atoms with Crippen molar-refractivity contribution in [3.05, 3.63) is 64.0 Å². The summed E-state index contributed by atoms with van der Waals surface area (Å²) < 4.78 is 45.4. The highest BCUT2D eigenvalue weighted by molar-refractivity contribution is 7.89. The lowest BCUT2D eigenvalue weighted by molar-refractivity contribution is -0.384. The SMILES string of the molecule is O=[N+]([O-])c1cc(S(=O)(=O)N2CCOCC2)ccc1N1CCN(CC(O)c2ccc(F)cc2)CC1. The normalized spacial score (nSPS) is 19.2. The Kier molecular flexibility index (Phi) is 7.43. The summed E-state index contributed by atoms with van der Waals surface area (Å²) in [5.74, 6) is -0.366. The van der Waals surface area contributed by atoms with Crippen molar-refractivity contribution in [2.75, 3.05) is 63.9 Å². The molecule has 2 aliphatic rings. The van der Waals surface area contributed by atoms with E-state index >= 15 is 0 Å². The van der Waals surface area contributed by atoms with Crippen LogP contribution in [0.5, 0.6) is 0 Å². The molecule has 0 aromatic heterocycles. The number of aliphatic hydroxyl groups is 1. The first-order valence-electron chi connectivity index (χ1n) is 11.0. The minimum atomic E-state index is -3.85.